The van der Waals surface area contributed by atoms with Crippen LogP contribution in [0.15, 0.2) is 72.8 Å². The Bertz CT molecular complexity index is 1510. The summed E-state index contributed by atoms with van der Waals surface area (Å²) in [6.07, 6.45) is 3.98. The highest BCUT2D eigenvalue weighted by atomic mass is 16.4. The number of carbonyl (C=O) groups is 6. The average molecular weight is 720 g/mol. The van der Waals surface area contributed by atoms with Gasteiger partial charge >= 0.3 is 5.97 Å². The van der Waals surface area contributed by atoms with Crippen molar-refractivity contribution in [2.24, 2.45) is 17.4 Å². The van der Waals surface area contributed by atoms with Gasteiger partial charge in [0, 0.05) is 44.8 Å². The molecular formula is C38H53N7O7. The number of amides is 5. The number of aliphatic carboxylic acids is 1. The number of carbonyl (C=O) groups excluding carboxylic acids is 5. The van der Waals surface area contributed by atoms with E-state index in [0.717, 1.165) is 23.3 Å². The van der Waals surface area contributed by atoms with Crippen molar-refractivity contribution in [2.45, 2.75) is 76.5 Å². The maximum absolute atomic E-state index is 13.9. The molecule has 1 aliphatic heterocycles. The van der Waals surface area contributed by atoms with Crippen LogP contribution in [0.5, 0.6) is 0 Å². The van der Waals surface area contributed by atoms with E-state index in [2.05, 4.69) is 16.0 Å². The van der Waals surface area contributed by atoms with Gasteiger partial charge in [-0.25, -0.2) is 4.79 Å². The van der Waals surface area contributed by atoms with Gasteiger partial charge in [-0.2, -0.15) is 0 Å². The molecule has 2 aromatic carbocycles. The van der Waals surface area contributed by atoms with Crippen molar-refractivity contribution >= 4 is 35.5 Å². The molecule has 0 aromatic heterocycles. The molecule has 0 spiro atoms. The van der Waals surface area contributed by atoms with Crippen LogP contribution in [0.2, 0.25) is 0 Å². The molecule has 0 saturated carbocycles. The van der Waals surface area contributed by atoms with Gasteiger partial charge < -0.3 is 42.3 Å². The van der Waals surface area contributed by atoms with Gasteiger partial charge in [-0.15, -0.1) is 0 Å². The van der Waals surface area contributed by atoms with Gasteiger partial charge in [0.15, 0.2) is 0 Å². The fourth-order valence-electron chi connectivity index (χ4n) is 5.91. The lowest BCUT2D eigenvalue weighted by Gasteiger charge is -2.36. The highest BCUT2D eigenvalue weighted by Gasteiger charge is 2.33. The molecule has 14 heteroatoms. The quantitative estimate of drug-likeness (QED) is 0.0890. The highest BCUT2D eigenvalue weighted by molar-refractivity contribution is 5.96. The van der Waals surface area contributed by atoms with Crippen molar-refractivity contribution in [3.63, 3.8) is 0 Å². The fraction of sp³-hybridized carbons (Fsp3) is 0.474. The molecule has 0 radical (unpaired) electrons. The number of unbranched alkanes of at least 4 members (excludes halogenated alkanes) is 1. The summed E-state index contributed by atoms with van der Waals surface area (Å²) in [6.45, 7) is 5.04. The van der Waals surface area contributed by atoms with Crippen molar-refractivity contribution in [1.82, 2.24) is 25.8 Å². The van der Waals surface area contributed by atoms with E-state index in [1.54, 1.807) is 4.90 Å². The lowest BCUT2D eigenvalue weighted by atomic mass is 9.99. The smallest absolute Gasteiger partial charge is 0.328 e. The van der Waals surface area contributed by atoms with Crippen LogP contribution < -0.4 is 27.4 Å². The topological polar surface area (TPSA) is 217 Å². The van der Waals surface area contributed by atoms with Crippen LogP contribution in [0.1, 0.15) is 50.7 Å². The third kappa shape index (κ3) is 13.9. The molecule has 2 aromatic rings. The summed E-state index contributed by atoms with van der Waals surface area (Å²) < 4.78 is 0. The number of piperazine rings is 1. The van der Waals surface area contributed by atoms with Crippen molar-refractivity contribution in [1.29, 1.82) is 0 Å². The van der Waals surface area contributed by atoms with Gasteiger partial charge in [0.25, 0.3) is 0 Å². The molecule has 4 atom stereocenters. The predicted octanol–water partition coefficient (Wildman–Crippen LogP) is 0.740. The van der Waals surface area contributed by atoms with Crippen LogP contribution in [0.25, 0.3) is 0 Å². The Kier molecular flexibility index (Phi) is 17.0. The van der Waals surface area contributed by atoms with Gasteiger partial charge in [0.05, 0.1) is 6.04 Å². The molecule has 1 fully saturated rings. The monoisotopic (exact) mass is 719 g/mol. The van der Waals surface area contributed by atoms with E-state index in [4.69, 9.17) is 16.6 Å². The third-order valence-electron chi connectivity index (χ3n) is 8.72. The summed E-state index contributed by atoms with van der Waals surface area (Å²) >= 11 is 0. The van der Waals surface area contributed by atoms with E-state index in [9.17, 15) is 28.8 Å². The summed E-state index contributed by atoms with van der Waals surface area (Å²) in [5.41, 5.74) is 13.6. The number of carboxylic acids is 1. The number of rotatable bonds is 19. The number of nitrogens with zero attached hydrogens (tertiary/aromatic N) is 2. The first-order chi connectivity index (χ1) is 24.9. The molecule has 1 heterocycles. The Balaban J connectivity index is 1.74. The van der Waals surface area contributed by atoms with Crippen molar-refractivity contribution in [3.8, 4) is 0 Å². The minimum Gasteiger partial charge on any atom is -0.478 e. The average Bonchev–Trinajstić information content (AvgIpc) is 3.13. The van der Waals surface area contributed by atoms with Crippen molar-refractivity contribution in [2.75, 3.05) is 32.7 Å². The number of nitrogens with two attached hydrogens (primary N) is 2. The Morgan fingerprint density at radius 3 is 1.79 bits per heavy atom. The van der Waals surface area contributed by atoms with E-state index < -0.39 is 53.8 Å². The normalized spacial score (nSPS) is 15.4. The predicted molar refractivity (Wildman–Crippen MR) is 196 cm³/mol. The lowest BCUT2D eigenvalue weighted by molar-refractivity contribution is -0.141. The van der Waals surface area contributed by atoms with E-state index in [1.807, 2.05) is 74.5 Å². The number of hydrogen-bond acceptors (Lipinski definition) is 8. The highest BCUT2D eigenvalue weighted by Crippen LogP contribution is 2.13. The summed E-state index contributed by atoms with van der Waals surface area (Å²) in [4.78, 5) is 81.0. The summed E-state index contributed by atoms with van der Waals surface area (Å²) in [6, 6.07) is 14.6. The number of hydrogen-bond donors (Lipinski definition) is 6. The maximum atomic E-state index is 13.9. The molecular weight excluding hydrogens is 666 g/mol. The second kappa shape index (κ2) is 21.3. The summed E-state index contributed by atoms with van der Waals surface area (Å²) in [5.74, 6) is -3.63. The minimum atomic E-state index is -1.23. The first-order valence-electron chi connectivity index (χ1n) is 17.8. The van der Waals surface area contributed by atoms with E-state index in [0.29, 0.717) is 25.8 Å². The Morgan fingerprint density at radius 1 is 0.712 bits per heavy atom. The standard InChI is InChI=1S/C38H53N7O7/c1-26(2)23-31(36(50)41-30(15-9-10-18-39)38(52)45-21-19-44(20-22-45)33(46)16-17-34(47)48)43-37(51)32(25-28-13-7-4-8-14-28)42-35(49)29(40)24-27-11-5-3-6-12-27/h3-8,11-14,16-17,26,29-32H,9-10,15,18-25,39-40H2,1-2H3,(H,41,50)(H,42,49)(H,43,51)(H,47,48)/b17-16+/t29-,30-,31-,32-/m1/s1. The van der Waals surface area contributed by atoms with Crippen LogP contribution >= 0.6 is 0 Å². The number of benzene rings is 2. The largest absolute Gasteiger partial charge is 0.478 e. The molecule has 52 heavy (non-hydrogen) atoms. The zero-order valence-corrected chi connectivity index (χ0v) is 30.0. The minimum absolute atomic E-state index is 0.00954. The molecule has 0 bridgehead atoms. The van der Waals surface area contributed by atoms with Gasteiger partial charge in [-0.3, -0.25) is 24.0 Å². The molecule has 282 valence electrons. The molecule has 1 aliphatic rings. The molecule has 0 unspecified atom stereocenters. The summed E-state index contributed by atoms with van der Waals surface area (Å²) in [7, 11) is 0. The molecule has 0 aliphatic carbocycles. The van der Waals surface area contributed by atoms with Crippen LogP contribution in [0.3, 0.4) is 0 Å². The fourth-order valence-corrected chi connectivity index (χ4v) is 5.91. The van der Waals surface area contributed by atoms with E-state index >= 15 is 0 Å². The van der Waals surface area contributed by atoms with Crippen molar-refractivity contribution in [3.05, 3.63) is 83.9 Å². The molecule has 8 N–H and O–H groups in total. The summed E-state index contributed by atoms with van der Waals surface area (Å²) in [5, 5.41) is 17.3. The zero-order valence-electron chi connectivity index (χ0n) is 30.0. The van der Waals surface area contributed by atoms with Gasteiger partial charge in [0.1, 0.15) is 18.1 Å². The molecule has 14 nitrogen and oxygen atoms in total. The number of carboxylic acid groups (broad SMARTS) is 1. The van der Waals surface area contributed by atoms with Crippen molar-refractivity contribution < 1.29 is 33.9 Å². The zero-order chi connectivity index (χ0) is 38.0. The Morgan fingerprint density at radius 2 is 1.23 bits per heavy atom. The second-order valence-corrected chi connectivity index (χ2v) is 13.4. The van der Waals surface area contributed by atoms with Crippen LogP contribution in [-0.4, -0.2) is 107 Å². The number of nitrogens with one attached hydrogen (secondary N) is 3. The van der Waals surface area contributed by atoms with Gasteiger partial charge in [0.2, 0.25) is 29.5 Å². The lowest BCUT2D eigenvalue weighted by Crippen LogP contribution is -2.59. The maximum Gasteiger partial charge on any atom is 0.328 e. The second-order valence-electron chi connectivity index (χ2n) is 13.4. The molecule has 5 amide bonds. The van der Waals surface area contributed by atoms with E-state index in [-0.39, 0.29) is 57.3 Å². The molecule has 3 rings (SSSR count). The van der Waals surface area contributed by atoms with Gasteiger partial charge in [-0.05, 0) is 55.7 Å². The third-order valence-corrected chi connectivity index (χ3v) is 8.72. The van der Waals surface area contributed by atoms with Crippen LogP contribution in [0, 0.1) is 5.92 Å². The first kappa shape index (κ1) is 41.3. The SMILES string of the molecule is CC(C)C[C@@H](NC(=O)[C@@H](Cc1ccccc1)NC(=O)[C@H](N)Cc1ccccc1)C(=O)N[C@H](CCCCN)C(=O)N1CCN(C(=O)/C=C/C(=O)O)CC1. The van der Waals surface area contributed by atoms with E-state index in [1.165, 1.54) is 4.90 Å². The molecule has 1 saturated heterocycles. The van der Waals surface area contributed by atoms with Gasteiger partial charge in [-0.1, -0.05) is 74.5 Å². The first-order valence-corrected chi connectivity index (χ1v) is 17.8. The van der Waals surface area contributed by atoms with Crippen LogP contribution in [-0.2, 0) is 41.6 Å². The Labute approximate surface area is 305 Å². The van der Waals surface area contributed by atoms with Crippen LogP contribution in [0.4, 0.5) is 0 Å². The Hall–Kier alpha value is -5.08.